The van der Waals surface area contributed by atoms with E-state index in [4.69, 9.17) is 4.52 Å². The van der Waals surface area contributed by atoms with Gasteiger partial charge in [0, 0.05) is 30.9 Å². The maximum absolute atomic E-state index is 11.7. The molecule has 0 aliphatic carbocycles. The fourth-order valence-electron chi connectivity index (χ4n) is 1.77. The largest absolute Gasteiger partial charge is 0.360 e. The molecule has 2 N–H and O–H groups in total. The van der Waals surface area contributed by atoms with Crippen molar-refractivity contribution in [3.8, 4) is 0 Å². The number of nitrogens with zero attached hydrogens (tertiary/aromatic N) is 2. The molecule has 0 aliphatic heterocycles. The van der Waals surface area contributed by atoms with Gasteiger partial charge in [-0.25, -0.2) is 0 Å². The molecule has 2 heterocycles. The van der Waals surface area contributed by atoms with Crippen molar-refractivity contribution in [3.05, 3.63) is 41.9 Å². The van der Waals surface area contributed by atoms with E-state index in [0.717, 1.165) is 5.69 Å². The molecule has 0 aliphatic rings. The van der Waals surface area contributed by atoms with Crippen molar-refractivity contribution in [1.82, 2.24) is 15.5 Å². The molecular weight excluding hydrogens is 316 g/mol. The molecule has 0 aromatic carbocycles. The van der Waals surface area contributed by atoms with E-state index in [1.54, 1.807) is 19.2 Å². The predicted octanol–water partition coefficient (Wildman–Crippen LogP) is 1.41. The molecule has 0 fully saturated rings. The van der Waals surface area contributed by atoms with Crippen LogP contribution in [0, 0.1) is 6.92 Å². The molecule has 122 valence electrons. The first-order valence-corrected chi connectivity index (χ1v) is 8.26. The highest BCUT2D eigenvalue weighted by Crippen LogP contribution is 2.08. The van der Waals surface area contributed by atoms with E-state index < -0.39 is 0 Å². The Hall–Kier alpha value is -2.35. The Kier molecular flexibility index (Phi) is 6.61. The number of rotatable bonds is 8. The highest BCUT2D eigenvalue weighted by Gasteiger charge is 2.08. The summed E-state index contributed by atoms with van der Waals surface area (Å²) in [5.74, 6) is 1.10. The van der Waals surface area contributed by atoms with Crippen LogP contribution in [0.3, 0.4) is 0 Å². The highest BCUT2D eigenvalue weighted by atomic mass is 32.2. The van der Waals surface area contributed by atoms with Crippen molar-refractivity contribution >= 4 is 29.4 Å². The maximum Gasteiger partial charge on any atom is 0.235 e. The summed E-state index contributed by atoms with van der Waals surface area (Å²) in [6.45, 7) is 2.27. The lowest BCUT2D eigenvalue weighted by Crippen LogP contribution is -2.28. The van der Waals surface area contributed by atoms with Crippen LogP contribution in [0.1, 0.15) is 11.5 Å². The van der Waals surface area contributed by atoms with E-state index >= 15 is 0 Å². The predicted molar refractivity (Wildman–Crippen MR) is 88.1 cm³/mol. The molecule has 2 aromatic rings. The van der Waals surface area contributed by atoms with Crippen molar-refractivity contribution in [3.63, 3.8) is 0 Å². The van der Waals surface area contributed by atoms with E-state index in [-0.39, 0.29) is 23.3 Å². The van der Waals surface area contributed by atoms with Crippen LogP contribution in [0.4, 0.5) is 5.82 Å². The number of nitrogens with one attached hydrogen (secondary N) is 2. The van der Waals surface area contributed by atoms with Crippen LogP contribution >= 0.6 is 11.8 Å². The molecule has 0 spiro atoms. The minimum absolute atomic E-state index is 0.101. The molecular formula is C15H18N4O3S. The fraction of sp³-hybridized carbons (Fsp3) is 0.333. The minimum Gasteiger partial charge on any atom is -0.360 e. The second-order valence-corrected chi connectivity index (χ2v) is 5.77. The summed E-state index contributed by atoms with van der Waals surface area (Å²) in [5.41, 5.74) is 0.933. The van der Waals surface area contributed by atoms with Gasteiger partial charge in [0.2, 0.25) is 11.8 Å². The minimum atomic E-state index is -0.218. The van der Waals surface area contributed by atoms with E-state index in [1.807, 2.05) is 18.2 Å². The quantitative estimate of drug-likeness (QED) is 0.757. The van der Waals surface area contributed by atoms with Gasteiger partial charge in [-0.1, -0.05) is 11.2 Å². The van der Waals surface area contributed by atoms with Crippen LogP contribution in [-0.2, 0) is 16.0 Å². The molecule has 23 heavy (non-hydrogen) atoms. The number of thioether (sulfide) groups is 1. The highest BCUT2D eigenvalue weighted by molar-refractivity contribution is 8.00. The Morgan fingerprint density at radius 1 is 1.26 bits per heavy atom. The van der Waals surface area contributed by atoms with Crippen molar-refractivity contribution in [2.24, 2.45) is 0 Å². The topological polar surface area (TPSA) is 97.1 Å². The zero-order valence-electron chi connectivity index (χ0n) is 12.7. The molecule has 8 heteroatoms. The summed E-state index contributed by atoms with van der Waals surface area (Å²) in [4.78, 5) is 27.5. The third-order valence-electron chi connectivity index (χ3n) is 2.79. The molecule has 2 amide bonds. The van der Waals surface area contributed by atoms with E-state index in [2.05, 4.69) is 20.8 Å². The van der Waals surface area contributed by atoms with Gasteiger partial charge in [0.1, 0.15) is 5.76 Å². The van der Waals surface area contributed by atoms with Gasteiger partial charge in [-0.05, 0) is 19.1 Å². The van der Waals surface area contributed by atoms with Crippen LogP contribution < -0.4 is 10.6 Å². The van der Waals surface area contributed by atoms with E-state index in [0.29, 0.717) is 24.5 Å². The SMILES string of the molecule is Cc1cc(NC(=O)CSCC(=O)NCCc2ccccn2)no1. The van der Waals surface area contributed by atoms with Crippen LogP contribution in [0.25, 0.3) is 0 Å². The third-order valence-corrected chi connectivity index (χ3v) is 3.72. The van der Waals surface area contributed by atoms with Crippen LogP contribution in [0.5, 0.6) is 0 Å². The first-order chi connectivity index (χ1) is 11.1. The molecule has 2 aromatic heterocycles. The monoisotopic (exact) mass is 334 g/mol. The number of hydrogen-bond donors (Lipinski definition) is 2. The number of aromatic nitrogens is 2. The molecule has 0 unspecified atom stereocenters. The van der Waals surface area contributed by atoms with Crippen LogP contribution in [0.2, 0.25) is 0 Å². The van der Waals surface area contributed by atoms with Crippen molar-refractivity contribution in [2.75, 3.05) is 23.4 Å². The second-order valence-electron chi connectivity index (χ2n) is 4.78. The summed E-state index contributed by atoms with van der Waals surface area (Å²) in [6.07, 6.45) is 2.41. The molecule has 0 atom stereocenters. The van der Waals surface area contributed by atoms with Crippen LogP contribution in [0.15, 0.2) is 35.0 Å². The van der Waals surface area contributed by atoms with Crippen molar-refractivity contribution < 1.29 is 14.1 Å². The molecule has 2 rings (SSSR count). The van der Waals surface area contributed by atoms with Gasteiger partial charge in [-0.3, -0.25) is 14.6 Å². The molecule has 0 saturated carbocycles. The van der Waals surface area contributed by atoms with E-state index in [1.165, 1.54) is 11.8 Å². The van der Waals surface area contributed by atoms with Gasteiger partial charge < -0.3 is 15.2 Å². The number of anilines is 1. The number of hydrogen-bond acceptors (Lipinski definition) is 6. The summed E-state index contributed by atoms with van der Waals surface area (Å²) in [7, 11) is 0. The van der Waals surface area contributed by atoms with Crippen molar-refractivity contribution in [2.45, 2.75) is 13.3 Å². The van der Waals surface area contributed by atoms with Crippen molar-refractivity contribution in [1.29, 1.82) is 0 Å². The van der Waals surface area contributed by atoms with E-state index in [9.17, 15) is 9.59 Å². The zero-order chi connectivity index (χ0) is 16.5. The second kappa shape index (κ2) is 8.94. The van der Waals surface area contributed by atoms with Gasteiger partial charge in [0.05, 0.1) is 11.5 Å². The molecule has 0 saturated heterocycles. The Bertz CT molecular complexity index is 645. The first kappa shape index (κ1) is 17.0. The Labute approximate surface area is 138 Å². The van der Waals surface area contributed by atoms with Gasteiger partial charge in [-0.15, -0.1) is 11.8 Å². The average molecular weight is 334 g/mol. The molecule has 0 bridgehead atoms. The lowest BCUT2D eigenvalue weighted by molar-refractivity contribution is -0.118. The summed E-state index contributed by atoms with van der Waals surface area (Å²) >= 11 is 1.24. The normalized spacial score (nSPS) is 10.3. The number of carbonyl (C=O) groups is 2. The van der Waals surface area contributed by atoms with Gasteiger partial charge in [0.15, 0.2) is 5.82 Å². The fourth-order valence-corrected chi connectivity index (χ4v) is 2.41. The number of aryl methyl sites for hydroxylation is 1. The van der Waals surface area contributed by atoms with Gasteiger partial charge >= 0.3 is 0 Å². The third kappa shape index (κ3) is 6.52. The Morgan fingerprint density at radius 2 is 2.09 bits per heavy atom. The summed E-state index contributed by atoms with van der Waals surface area (Å²) in [5, 5.41) is 9.06. The number of carbonyl (C=O) groups excluding carboxylic acids is 2. The Balaban J connectivity index is 1.56. The lowest BCUT2D eigenvalue weighted by atomic mass is 10.3. The lowest BCUT2D eigenvalue weighted by Gasteiger charge is -2.05. The molecule has 0 radical (unpaired) electrons. The van der Waals surface area contributed by atoms with Gasteiger partial charge in [-0.2, -0.15) is 0 Å². The van der Waals surface area contributed by atoms with Gasteiger partial charge in [0.25, 0.3) is 0 Å². The zero-order valence-corrected chi connectivity index (χ0v) is 13.6. The number of pyridine rings is 1. The first-order valence-electron chi connectivity index (χ1n) is 7.11. The summed E-state index contributed by atoms with van der Waals surface area (Å²) < 4.78 is 4.85. The number of amides is 2. The Morgan fingerprint density at radius 3 is 2.78 bits per heavy atom. The average Bonchev–Trinajstić information content (AvgIpc) is 2.93. The molecule has 7 nitrogen and oxygen atoms in total. The standard InChI is InChI=1S/C15H18N4O3S/c1-11-8-13(19-22-11)18-15(21)10-23-9-14(20)17-7-5-12-4-2-3-6-16-12/h2-4,6,8H,5,7,9-10H2,1H3,(H,17,20)(H,18,19,21). The summed E-state index contributed by atoms with van der Waals surface area (Å²) in [6, 6.07) is 7.31. The maximum atomic E-state index is 11.7. The smallest absolute Gasteiger partial charge is 0.235 e. The van der Waals surface area contributed by atoms with Crippen LogP contribution in [-0.4, -0.2) is 40.0 Å².